The maximum Gasteiger partial charge on any atom is 0.247 e. The highest BCUT2D eigenvalue weighted by Crippen LogP contribution is 2.27. The van der Waals surface area contributed by atoms with Crippen LogP contribution in [-0.4, -0.2) is 23.1 Å². The van der Waals surface area contributed by atoms with E-state index in [-0.39, 0.29) is 5.43 Å². The number of hydrogen-bond donors (Lipinski definition) is 0. The lowest BCUT2D eigenvalue weighted by Gasteiger charge is -2.16. The number of fused-ring (bicyclic) bond motifs is 2. The van der Waals surface area contributed by atoms with Crippen molar-refractivity contribution < 1.29 is 4.42 Å². The molecule has 0 aromatic carbocycles. The van der Waals surface area contributed by atoms with E-state index in [0.29, 0.717) is 17.0 Å². The first-order valence-corrected chi connectivity index (χ1v) is 7.18. The summed E-state index contributed by atoms with van der Waals surface area (Å²) in [5, 5.41) is 0. The third-order valence-corrected chi connectivity index (χ3v) is 3.93. The van der Waals surface area contributed by atoms with E-state index >= 15 is 0 Å². The van der Waals surface area contributed by atoms with Crippen LogP contribution in [0.2, 0.25) is 0 Å². The van der Waals surface area contributed by atoms with E-state index in [1.54, 1.807) is 6.07 Å². The molecular weight excluding hydrogens is 266 g/mol. The van der Waals surface area contributed by atoms with Crippen LogP contribution in [0.25, 0.3) is 22.7 Å². The summed E-state index contributed by atoms with van der Waals surface area (Å²) in [6, 6.07) is 6.96. The van der Waals surface area contributed by atoms with Crippen LogP contribution in [0.3, 0.4) is 0 Å². The zero-order valence-electron chi connectivity index (χ0n) is 11.8. The minimum Gasteiger partial charge on any atom is -0.434 e. The first kappa shape index (κ1) is 12.3. The average Bonchev–Trinajstić information content (AvgIpc) is 2.99. The van der Waals surface area contributed by atoms with Crippen LogP contribution in [0.4, 0.5) is 5.82 Å². The molecule has 0 spiro atoms. The first-order chi connectivity index (χ1) is 10.2. The van der Waals surface area contributed by atoms with Gasteiger partial charge in [0.15, 0.2) is 11.2 Å². The largest absolute Gasteiger partial charge is 0.434 e. The summed E-state index contributed by atoms with van der Waals surface area (Å²) in [5.74, 6) is 1.42. The molecule has 0 atom stereocenters. The number of aromatic nitrogens is 2. The summed E-state index contributed by atoms with van der Waals surface area (Å²) < 4.78 is 5.81. The van der Waals surface area contributed by atoms with Crippen molar-refractivity contribution in [3.8, 4) is 11.5 Å². The van der Waals surface area contributed by atoms with E-state index < -0.39 is 0 Å². The average molecular weight is 281 g/mol. The van der Waals surface area contributed by atoms with Crippen molar-refractivity contribution in [1.29, 1.82) is 0 Å². The molecule has 106 valence electrons. The standard InChI is InChI=1S/C16H15N3O2/c1-10-8-11(20)9-13-15(10)17-12-4-5-14(18-16(12)21-13)19-6-2-3-7-19/h4-5,8-9H,2-3,6-7H2,1H3. The minimum absolute atomic E-state index is 0.0689. The third-order valence-electron chi connectivity index (χ3n) is 3.93. The fraction of sp³-hybridized carbons (Fsp3) is 0.312. The van der Waals surface area contributed by atoms with Crippen molar-refractivity contribution in [3.05, 3.63) is 40.1 Å². The van der Waals surface area contributed by atoms with Crippen LogP contribution in [0, 0.1) is 6.92 Å². The Hall–Kier alpha value is -2.43. The summed E-state index contributed by atoms with van der Waals surface area (Å²) >= 11 is 0. The molecule has 5 heteroatoms. The van der Waals surface area contributed by atoms with Crippen LogP contribution < -0.4 is 10.3 Å². The quantitative estimate of drug-likeness (QED) is 0.642. The maximum atomic E-state index is 11.6. The highest BCUT2D eigenvalue weighted by molar-refractivity contribution is 5.75. The summed E-state index contributed by atoms with van der Waals surface area (Å²) in [6.07, 6.45) is 2.40. The Bertz CT molecular complexity index is 850. The molecule has 0 radical (unpaired) electrons. The zero-order chi connectivity index (χ0) is 14.4. The van der Waals surface area contributed by atoms with Gasteiger partial charge < -0.3 is 9.32 Å². The number of rotatable bonds is 1. The van der Waals surface area contributed by atoms with Gasteiger partial charge in [-0.1, -0.05) is 0 Å². The van der Waals surface area contributed by atoms with Gasteiger partial charge >= 0.3 is 0 Å². The van der Waals surface area contributed by atoms with Crippen LogP contribution in [0.5, 0.6) is 0 Å². The molecule has 5 nitrogen and oxygen atoms in total. The molecular formula is C16H15N3O2. The second kappa shape index (κ2) is 4.55. The number of benzene rings is 1. The Morgan fingerprint density at radius 1 is 1.14 bits per heavy atom. The molecule has 1 aliphatic carbocycles. The van der Waals surface area contributed by atoms with Crippen LogP contribution in [0.15, 0.2) is 33.5 Å². The molecule has 0 unspecified atom stereocenters. The lowest BCUT2D eigenvalue weighted by atomic mass is 10.1. The molecule has 3 aliphatic rings. The van der Waals surface area contributed by atoms with Gasteiger partial charge in [-0.25, -0.2) is 4.98 Å². The molecule has 1 aromatic rings. The Morgan fingerprint density at radius 3 is 2.76 bits per heavy atom. The Labute approximate surface area is 121 Å². The van der Waals surface area contributed by atoms with Crippen molar-refractivity contribution in [2.45, 2.75) is 19.8 Å². The molecule has 0 bridgehead atoms. The van der Waals surface area contributed by atoms with Crippen molar-refractivity contribution >= 4 is 17.0 Å². The summed E-state index contributed by atoms with van der Waals surface area (Å²) in [4.78, 5) is 23.0. The van der Waals surface area contributed by atoms with Gasteiger partial charge in [-0.3, -0.25) is 4.79 Å². The SMILES string of the molecule is Cc1cc(=O)cc2oc3nc(N4CCCC4)ccc3nc1-2. The second-order valence-corrected chi connectivity index (χ2v) is 5.49. The van der Waals surface area contributed by atoms with E-state index in [0.717, 1.165) is 30.2 Å². The van der Waals surface area contributed by atoms with Crippen LogP contribution >= 0.6 is 0 Å². The lowest BCUT2D eigenvalue weighted by molar-refractivity contribution is 0.598. The van der Waals surface area contributed by atoms with Gasteiger partial charge in [-0.2, -0.15) is 4.98 Å². The molecule has 4 rings (SSSR count). The fourth-order valence-corrected chi connectivity index (χ4v) is 2.87. The van der Waals surface area contributed by atoms with Crippen molar-refractivity contribution in [2.24, 2.45) is 0 Å². The number of anilines is 1. The van der Waals surface area contributed by atoms with Crippen molar-refractivity contribution in [1.82, 2.24) is 9.97 Å². The smallest absolute Gasteiger partial charge is 0.247 e. The number of hydrogen-bond acceptors (Lipinski definition) is 5. The topological polar surface area (TPSA) is 59.2 Å². The molecule has 0 amide bonds. The van der Waals surface area contributed by atoms with E-state index in [4.69, 9.17) is 4.42 Å². The molecule has 3 heterocycles. The molecule has 1 fully saturated rings. The zero-order valence-corrected chi connectivity index (χ0v) is 11.8. The van der Waals surface area contributed by atoms with Gasteiger partial charge in [0.05, 0.1) is 0 Å². The van der Waals surface area contributed by atoms with Gasteiger partial charge in [-0.05, 0) is 43.5 Å². The number of pyridine rings is 1. The Morgan fingerprint density at radius 2 is 1.95 bits per heavy atom. The van der Waals surface area contributed by atoms with E-state index in [1.807, 2.05) is 19.1 Å². The predicted molar refractivity (Wildman–Crippen MR) is 80.9 cm³/mol. The summed E-state index contributed by atoms with van der Waals surface area (Å²) in [5.41, 5.74) is 2.68. The number of aryl methyl sites for hydroxylation is 1. The first-order valence-electron chi connectivity index (χ1n) is 7.18. The van der Waals surface area contributed by atoms with E-state index in [1.165, 1.54) is 18.9 Å². The van der Waals surface area contributed by atoms with Crippen molar-refractivity contribution in [3.63, 3.8) is 0 Å². The van der Waals surface area contributed by atoms with E-state index in [2.05, 4.69) is 14.9 Å². The van der Waals surface area contributed by atoms with Gasteiger partial charge in [0.25, 0.3) is 0 Å². The van der Waals surface area contributed by atoms with Gasteiger partial charge in [0.2, 0.25) is 5.71 Å². The van der Waals surface area contributed by atoms with Crippen LogP contribution in [0.1, 0.15) is 18.4 Å². The monoisotopic (exact) mass is 281 g/mol. The summed E-state index contributed by atoms with van der Waals surface area (Å²) in [6.45, 7) is 3.93. The Kier molecular flexibility index (Phi) is 2.67. The predicted octanol–water partition coefficient (Wildman–Crippen LogP) is 2.60. The summed E-state index contributed by atoms with van der Waals surface area (Å²) in [7, 11) is 0. The van der Waals surface area contributed by atoms with E-state index in [9.17, 15) is 4.79 Å². The molecule has 0 N–H and O–H groups in total. The molecule has 1 saturated heterocycles. The van der Waals surface area contributed by atoms with Gasteiger partial charge in [-0.15, -0.1) is 0 Å². The normalized spacial score (nSPS) is 15.2. The van der Waals surface area contributed by atoms with Crippen LogP contribution in [-0.2, 0) is 0 Å². The second-order valence-electron chi connectivity index (χ2n) is 5.49. The highest BCUT2D eigenvalue weighted by atomic mass is 16.3. The van der Waals surface area contributed by atoms with Crippen molar-refractivity contribution in [2.75, 3.05) is 18.0 Å². The minimum atomic E-state index is -0.0689. The lowest BCUT2D eigenvalue weighted by Crippen LogP contribution is -2.18. The fourth-order valence-electron chi connectivity index (χ4n) is 2.87. The molecule has 2 aliphatic heterocycles. The number of nitrogens with zero attached hydrogens (tertiary/aromatic N) is 3. The molecule has 1 aromatic heterocycles. The molecule has 0 saturated carbocycles. The Balaban J connectivity index is 1.93. The van der Waals surface area contributed by atoms with Gasteiger partial charge in [0.1, 0.15) is 17.0 Å². The van der Waals surface area contributed by atoms with Gasteiger partial charge in [0, 0.05) is 19.2 Å². The highest BCUT2D eigenvalue weighted by Gasteiger charge is 2.17. The maximum absolute atomic E-state index is 11.6. The third kappa shape index (κ3) is 2.05. The molecule has 21 heavy (non-hydrogen) atoms.